The molecule has 0 N–H and O–H groups in total. The fraction of sp³-hybridized carbons (Fsp3) is 0.417. The fourth-order valence-electron chi connectivity index (χ4n) is 1.18. The van der Waals surface area contributed by atoms with Gasteiger partial charge in [-0.1, -0.05) is 25.1 Å². The monoisotopic (exact) mass is 208 g/mol. The van der Waals surface area contributed by atoms with Gasteiger partial charge in [0.1, 0.15) is 5.75 Å². The number of ether oxygens (including phenoxy) is 2. The van der Waals surface area contributed by atoms with Gasteiger partial charge < -0.3 is 9.47 Å². The number of rotatable bonds is 5. The Bertz CT molecular complexity index is 295. The fourth-order valence-corrected chi connectivity index (χ4v) is 1.18. The zero-order valence-electron chi connectivity index (χ0n) is 9.10. The molecule has 1 atom stereocenters. The number of carbonyl (C=O) groups excluding carboxylic acids is 1. The van der Waals surface area contributed by atoms with E-state index in [0.29, 0.717) is 13.0 Å². The molecule has 0 radical (unpaired) electrons. The van der Waals surface area contributed by atoms with Gasteiger partial charge >= 0.3 is 5.97 Å². The summed E-state index contributed by atoms with van der Waals surface area (Å²) in [5.74, 6) is 0.797. The summed E-state index contributed by atoms with van der Waals surface area (Å²) in [4.78, 5) is 11.0. The second-order valence-electron chi connectivity index (χ2n) is 3.51. The molecule has 0 saturated heterocycles. The zero-order chi connectivity index (χ0) is 11.1. The third-order valence-corrected chi connectivity index (χ3v) is 2.02. The lowest BCUT2D eigenvalue weighted by atomic mass is 10.1. The normalized spacial score (nSPS) is 11.9. The lowest BCUT2D eigenvalue weighted by Crippen LogP contribution is -2.14. The van der Waals surface area contributed by atoms with Crippen LogP contribution in [0.3, 0.4) is 0 Å². The van der Waals surface area contributed by atoms with Crippen molar-refractivity contribution in [1.29, 1.82) is 0 Å². The number of benzene rings is 1. The van der Waals surface area contributed by atoms with Crippen molar-refractivity contribution < 1.29 is 14.3 Å². The summed E-state index contributed by atoms with van der Waals surface area (Å²) in [5, 5.41) is 0. The minimum absolute atomic E-state index is 0.164. The molecule has 0 bridgehead atoms. The van der Waals surface area contributed by atoms with E-state index in [1.54, 1.807) is 0 Å². The van der Waals surface area contributed by atoms with Gasteiger partial charge in [0.25, 0.3) is 0 Å². The van der Waals surface area contributed by atoms with Crippen molar-refractivity contribution in [1.82, 2.24) is 0 Å². The van der Waals surface area contributed by atoms with Crippen molar-refractivity contribution >= 4 is 5.97 Å². The highest BCUT2D eigenvalue weighted by Gasteiger charge is 2.09. The van der Waals surface area contributed by atoms with Crippen molar-refractivity contribution in [3.05, 3.63) is 30.3 Å². The predicted molar refractivity (Wildman–Crippen MR) is 57.7 cm³/mol. The molecule has 0 spiro atoms. The van der Waals surface area contributed by atoms with Crippen LogP contribution >= 0.6 is 0 Å². The van der Waals surface area contributed by atoms with Gasteiger partial charge in [-0.2, -0.15) is 0 Å². The maximum atomic E-state index is 11.0. The Morgan fingerprint density at radius 2 is 2.00 bits per heavy atom. The second kappa shape index (κ2) is 6.06. The Kier molecular flexibility index (Phi) is 4.68. The number of hydrogen-bond donors (Lipinski definition) is 0. The summed E-state index contributed by atoms with van der Waals surface area (Å²) in [5.41, 5.74) is 0. The molecule has 1 aromatic carbocycles. The summed E-state index contributed by atoms with van der Waals surface area (Å²) >= 11 is 0. The van der Waals surface area contributed by atoms with E-state index in [1.165, 1.54) is 7.11 Å². The molecule has 0 aliphatic carbocycles. The summed E-state index contributed by atoms with van der Waals surface area (Å²) in [7, 11) is 1.40. The first kappa shape index (κ1) is 11.6. The quantitative estimate of drug-likeness (QED) is 0.696. The summed E-state index contributed by atoms with van der Waals surface area (Å²) in [6.45, 7) is 2.49. The van der Waals surface area contributed by atoms with Gasteiger partial charge in [-0.25, -0.2) is 0 Å². The molecule has 1 unspecified atom stereocenters. The first-order valence-corrected chi connectivity index (χ1v) is 4.97. The van der Waals surface area contributed by atoms with Crippen molar-refractivity contribution in [2.24, 2.45) is 5.92 Å². The average Bonchev–Trinajstić information content (AvgIpc) is 2.27. The molecule has 0 aliphatic rings. The molecule has 0 aliphatic heterocycles. The topological polar surface area (TPSA) is 35.5 Å². The molecule has 0 aromatic heterocycles. The average molecular weight is 208 g/mol. The molecule has 3 heteroatoms. The van der Waals surface area contributed by atoms with Crippen LogP contribution in [0.1, 0.15) is 13.3 Å². The largest absolute Gasteiger partial charge is 0.493 e. The number of esters is 1. The summed E-state index contributed by atoms with van der Waals surface area (Å²) < 4.78 is 10.1. The van der Waals surface area contributed by atoms with Crippen LogP contribution in [-0.4, -0.2) is 19.7 Å². The van der Waals surface area contributed by atoms with E-state index in [4.69, 9.17) is 4.74 Å². The lowest BCUT2D eigenvalue weighted by Gasteiger charge is -2.11. The van der Waals surface area contributed by atoms with E-state index < -0.39 is 0 Å². The molecule has 0 amide bonds. The SMILES string of the molecule is COC(=O)CC(C)COc1ccccc1. The highest BCUT2D eigenvalue weighted by atomic mass is 16.5. The minimum atomic E-state index is -0.195. The Morgan fingerprint density at radius 3 is 2.60 bits per heavy atom. The Morgan fingerprint density at radius 1 is 1.33 bits per heavy atom. The maximum Gasteiger partial charge on any atom is 0.305 e. The molecule has 3 nitrogen and oxygen atoms in total. The van der Waals surface area contributed by atoms with Gasteiger partial charge in [0.05, 0.1) is 20.1 Å². The molecule has 1 rings (SSSR count). The van der Waals surface area contributed by atoms with Crippen LogP contribution in [0.5, 0.6) is 5.75 Å². The third-order valence-electron chi connectivity index (χ3n) is 2.02. The predicted octanol–water partition coefficient (Wildman–Crippen LogP) is 2.26. The molecular weight excluding hydrogens is 192 g/mol. The minimum Gasteiger partial charge on any atom is -0.493 e. The van der Waals surface area contributed by atoms with Crippen molar-refractivity contribution in [2.45, 2.75) is 13.3 Å². The number of methoxy groups -OCH3 is 1. The first-order chi connectivity index (χ1) is 7.22. The van der Waals surface area contributed by atoms with Gasteiger partial charge in [-0.05, 0) is 12.1 Å². The molecule has 0 saturated carbocycles. The molecule has 82 valence electrons. The van der Waals surface area contributed by atoms with Crippen LogP contribution in [0.15, 0.2) is 30.3 Å². The van der Waals surface area contributed by atoms with Crippen LogP contribution in [-0.2, 0) is 9.53 Å². The van der Waals surface area contributed by atoms with Crippen molar-refractivity contribution in [3.8, 4) is 5.75 Å². The van der Waals surface area contributed by atoms with E-state index in [-0.39, 0.29) is 11.9 Å². The molecule has 1 aromatic rings. The third kappa shape index (κ3) is 4.49. The number of carbonyl (C=O) groups is 1. The highest BCUT2D eigenvalue weighted by molar-refractivity contribution is 5.69. The summed E-state index contributed by atoms with van der Waals surface area (Å²) in [6, 6.07) is 9.56. The van der Waals surface area contributed by atoms with Crippen molar-refractivity contribution in [2.75, 3.05) is 13.7 Å². The Balaban J connectivity index is 2.28. The van der Waals surface area contributed by atoms with Crippen LogP contribution in [0.2, 0.25) is 0 Å². The van der Waals surface area contributed by atoms with E-state index in [9.17, 15) is 4.79 Å². The lowest BCUT2D eigenvalue weighted by molar-refractivity contribution is -0.141. The second-order valence-corrected chi connectivity index (χ2v) is 3.51. The van der Waals surface area contributed by atoms with E-state index in [2.05, 4.69) is 4.74 Å². The number of hydrogen-bond acceptors (Lipinski definition) is 3. The smallest absolute Gasteiger partial charge is 0.305 e. The van der Waals surface area contributed by atoms with Gasteiger partial charge in [0.15, 0.2) is 0 Å². The molecular formula is C12H16O3. The van der Waals surface area contributed by atoms with Gasteiger partial charge in [0.2, 0.25) is 0 Å². The highest BCUT2D eigenvalue weighted by Crippen LogP contribution is 2.11. The zero-order valence-corrected chi connectivity index (χ0v) is 9.10. The van der Waals surface area contributed by atoms with Gasteiger partial charge in [-0.3, -0.25) is 4.79 Å². The van der Waals surface area contributed by atoms with E-state index in [0.717, 1.165) is 5.75 Å². The Hall–Kier alpha value is -1.51. The van der Waals surface area contributed by atoms with Gasteiger partial charge in [-0.15, -0.1) is 0 Å². The Labute approximate surface area is 90.0 Å². The molecule has 15 heavy (non-hydrogen) atoms. The van der Waals surface area contributed by atoms with Crippen LogP contribution in [0.4, 0.5) is 0 Å². The van der Waals surface area contributed by atoms with Crippen LogP contribution in [0, 0.1) is 5.92 Å². The van der Waals surface area contributed by atoms with E-state index in [1.807, 2.05) is 37.3 Å². The van der Waals surface area contributed by atoms with E-state index >= 15 is 0 Å². The summed E-state index contributed by atoms with van der Waals surface area (Å²) in [6.07, 6.45) is 0.392. The van der Waals surface area contributed by atoms with Crippen LogP contribution in [0.25, 0.3) is 0 Å². The molecule has 0 fully saturated rings. The molecule has 0 heterocycles. The van der Waals surface area contributed by atoms with Crippen molar-refractivity contribution in [3.63, 3.8) is 0 Å². The first-order valence-electron chi connectivity index (χ1n) is 4.97. The van der Waals surface area contributed by atoms with Crippen LogP contribution < -0.4 is 4.74 Å². The van der Waals surface area contributed by atoms with Gasteiger partial charge in [0, 0.05) is 5.92 Å². The number of para-hydroxylation sites is 1. The maximum absolute atomic E-state index is 11.0. The standard InChI is InChI=1S/C12H16O3/c1-10(8-12(13)14-2)9-15-11-6-4-3-5-7-11/h3-7,10H,8-9H2,1-2H3.